The number of hydrogen-bond acceptors (Lipinski definition) is 2. The summed E-state index contributed by atoms with van der Waals surface area (Å²) in [5.41, 5.74) is 10.5. The highest BCUT2D eigenvalue weighted by molar-refractivity contribution is 9.10. The van der Waals surface area contributed by atoms with Crippen molar-refractivity contribution in [3.63, 3.8) is 0 Å². The van der Waals surface area contributed by atoms with Gasteiger partial charge in [0.15, 0.2) is 0 Å². The van der Waals surface area contributed by atoms with Gasteiger partial charge in [-0.05, 0) is 46.6 Å². The molecule has 3 rings (SSSR count). The molecular weight excluding hydrogens is 326 g/mol. The van der Waals surface area contributed by atoms with E-state index in [4.69, 9.17) is 17.3 Å². The Morgan fingerprint density at radius 3 is 2.79 bits per heavy atom. The summed E-state index contributed by atoms with van der Waals surface area (Å²) in [6.07, 6.45) is 0. The molecule has 0 saturated carbocycles. The molecule has 0 aliphatic carbocycles. The molecule has 0 spiro atoms. The number of rotatable bonds is 1. The number of nitrogens with one attached hydrogen (secondary N) is 1. The second-order valence-corrected chi connectivity index (χ2v) is 5.73. The van der Waals surface area contributed by atoms with Crippen LogP contribution in [-0.2, 0) is 0 Å². The molecular formula is C14H11BrClN3. The van der Waals surface area contributed by atoms with Gasteiger partial charge in [-0.15, -0.1) is 0 Å². The van der Waals surface area contributed by atoms with Crippen LogP contribution in [-0.4, -0.2) is 9.97 Å². The molecule has 19 heavy (non-hydrogen) atoms. The van der Waals surface area contributed by atoms with Crippen molar-refractivity contribution in [3.8, 4) is 11.4 Å². The van der Waals surface area contributed by atoms with Crippen LogP contribution >= 0.6 is 27.5 Å². The summed E-state index contributed by atoms with van der Waals surface area (Å²) in [5, 5.41) is 0.665. The topological polar surface area (TPSA) is 54.7 Å². The van der Waals surface area contributed by atoms with Crippen LogP contribution < -0.4 is 5.73 Å². The van der Waals surface area contributed by atoms with Crippen LogP contribution in [0.3, 0.4) is 0 Å². The van der Waals surface area contributed by atoms with E-state index in [2.05, 4.69) is 25.9 Å². The minimum absolute atomic E-state index is 0.665. The fourth-order valence-electron chi connectivity index (χ4n) is 1.97. The zero-order valence-corrected chi connectivity index (χ0v) is 12.5. The van der Waals surface area contributed by atoms with E-state index < -0.39 is 0 Å². The number of hydrogen-bond donors (Lipinski definition) is 2. The Bertz CT molecular complexity index is 780. The van der Waals surface area contributed by atoms with Gasteiger partial charge in [0.1, 0.15) is 11.3 Å². The average Bonchev–Trinajstić information content (AvgIpc) is 2.76. The molecule has 0 aliphatic rings. The number of halogens is 2. The molecule has 3 nitrogen and oxygen atoms in total. The van der Waals surface area contributed by atoms with Gasteiger partial charge in [0.25, 0.3) is 0 Å². The lowest BCUT2D eigenvalue weighted by molar-refractivity contribution is 1.33. The number of benzene rings is 2. The zero-order chi connectivity index (χ0) is 13.6. The van der Waals surface area contributed by atoms with Crippen LogP contribution in [0.4, 0.5) is 5.69 Å². The van der Waals surface area contributed by atoms with E-state index in [1.54, 1.807) is 0 Å². The maximum absolute atomic E-state index is 6.03. The minimum Gasteiger partial charge on any atom is -0.398 e. The van der Waals surface area contributed by atoms with E-state index in [1.165, 1.54) is 0 Å². The Morgan fingerprint density at radius 1 is 1.26 bits per heavy atom. The van der Waals surface area contributed by atoms with E-state index in [0.717, 1.165) is 38.1 Å². The smallest absolute Gasteiger partial charge is 0.138 e. The Balaban J connectivity index is 2.20. The van der Waals surface area contributed by atoms with Gasteiger partial charge in [0.2, 0.25) is 0 Å². The SMILES string of the molecule is Cc1ccc(-c2nc3c(Br)cc(Cl)cc3[nH]2)cc1N. The zero-order valence-electron chi connectivity index (χ0n) is 10.2. The van der Waals surface area contributed by atoms with E-state index >= 15 is 0 Å². The molecule has 3 aromatic rings. The molecule has 3 N–H and O–H groups in total. The number of aromatic amines is 1. The van der Waals surface area contributed by atoms with Crippen molar-refractivity contribution >= 4 is 44.3 Å². The van der Waals surface area contributed by atoms with Crippen molar-refractivity contribution in [2.24, 2.45) is 0 Å². The molecule has 5 heteroatoms. The summed E-state index contributed by atoms with van der Waals surface area (Å²) >= 11 is 9.50. The quantitative estimate of drug-likeness (QED) is 0.641. The fraction of sp³-hybridized carbons (Fsp3) is 0.0714. The number of aromatic nitrogens is 2. The first-order valence-electron chi connectivity index (χ1n) is 5.76. The molecule has 0 unspecified atom stereocenters. The van der Waals surface area contributed by atoms with Gasteiger partial charge < -0.3 is 10.7 Å². The van der Waals surface area contributed by atoms with Gasteiger partial charge in [-0.25, -0.2) is 4.98 Å². The molecule has 1 heterocycles. The minimum atomic E-state index is 0.665. The first kappa shape index (κ1) is 12.5. The van der Waals surface area contributed by atoms with Gasteiger partial charge in [-0.3, -0.25) is 0 Å². The molecule has 0 amide bonds. The summed E-state index contributed by atoms with van der Waals surface area (Å²) in [6.45, 7) is 1.98. The van der Waals surface area contributed by atoms with Crippen LogP contribution in [0.25, 0.3) is 22.4 Å². The Hall–Kier alpha value is -1.52. The number of nitrogen functional groups attached to an aromatic ring is 1. The third-order valence-electron chi connectivity index (χ3n) is 3.06. The van der Waals surface area contributed by atoms with Crippen molar-refractivity contribution in [3.05, 3.63) is 45.4 Å². The van der Waals surface area contributed by atoms with Gasteiger partial charge >= 0.3 is 0 Å². The second kappa shape index (κ2) is 4.54. The lowest BCUT2D eigenvalue weighted by atomic mass is 10.1. The summed E-state index contributed by atoms with van der Waals surface area (Å²) in [6, 6.07) is 9.59. The number of H-pyrrole nitrogens is 1. The number of fused-ring (bicyclic) bond motifs is 1. The van der Waals surface area contributed by atoms with Gasteiger partial charge in [-0.2, -0.15) is 0 Å². The van der Waals surface area contributed by atoms with Gasteiger partial charge in [0, 0.05) is 20.7 Å². The summed E-state index contributed by atoms with van der Waals surface area (Å²) in [5.74, 6) is 0.782. The van der Waals surface area contributed by atoms with E-state index in [1.807, 2.05) is 37.3 Å². The maximum Gasteiger partial charge on any atom is 0.138 e. The standard InChI is InChI=1S/C14H11BrClN3/c1-7-2-3-8(4-11(7)17)14-18-12-6-9(16)5-10(15)13(12)19-14/h2-6H,17H2,1H3,(H,18,19). The third-order valence-corrected chi connectivity index (χ3v) is 3.88. The highest BCUT2D eigenvalue weighted by Crippen LogP contribution is 2.30. The first-order chi connectivity index (χ1) is 9.04. The second-order valence-electron chi connectivity index (χ2n) is 4.44. The number of anilines is 1. The highest BCUT2D eigenvalue weighted by Gasteiger charge is 2.09. The van der Waals surface area contributed by atoms with E-state index in [-0.39, 0.29) is 0 Å². The van der Waals surface area contributed by atoms with E-state index in [0.29, 0.717) is 5.02 Å². The first-order valence-corrected chi connectivity index (χ1v) is 6.93. The normalized spacial score (nSPS) is 11.1. The highest BCUT2D eigenvalue weighted by atomic mass is 79.9. The Labute approximate surface area is 123 Å². The molecule has 96 valence electrons. The van der Waals surface area contributed by atoms with Crippen molar-refractivity contribution < 1.29 is 0 Å². The Kier molecular flexibility index (Phi) is 2.99. The van der Waals surface area contributed by atoms with Crippen LogP contribution in [0, 0.1) is 6.92 Å². The summed E-state index contributed by atoms with van der Waals surface area (Å²) in [4.78, 5) is 7.84. The van der Waals surface area contributed by atoms with Crippen LogP contribution in [0.2, 0.25) is 5.02 Å². The van der Waals surface area contributed by atoms with Crippen molar-refractivity contribution in [1.29, 1.82) is 0 Å². The van der Waals surface area contributed by atoms with E-state index in [9.17, 15) is 0 Å². The van der Waals surface area contributed by atoms with Crippen LogP contribution in [0.5, 0.6) is 0 Å². The molecule has 2 aromatic carbocycles. The molecule has 0 bridgehead atoms. The predicted octanol–water partition coefficient (Wildman–Crippen LogP) is 4.54. The largest absolute Gasteiger partial charge is 0.398 e. The lowest BCUT2D eigenvalue weighted by Crippen LogP contribution is -1.90. The van der Waals surface area contributed by atoms with Crippen LogP contribution in [0.1, 0.15) is 5.56 Å². The number of aryl methyl sites for hydroxylation is 1. The third kappa shape index (κ3) is 2.22. The summed E-state index contributed by atoms with van der Waals surface area (Å²) < 4.78 is 0.873. The maximum atomic E-state index is 6.03. The van der Waals surface area contributed by atoms with Crippen molar-refractivity contribution in [1.82, 2.24) is 9.97 Å². The fourth-order valence-corrected chi connectivity index (χ4v) is 2.87. The number of imidazole rings is 1. The molecule has 0 fully saturated rings. The molecule has 1 aromatic heterocycles. The molecule has 0 saturated heterocycles. The molecule has 0 aliphatic heterocycles. The molecule has 0 atom stereocenters. The monoisotopic (exact) mass is 335 g/mol. The lowest BCUT2D eigenvalue weighted by Gasteiger charge is -2.01. The van der Waals surface area contributed by atoms with Crippen LogP contribution in [0.15, 0.2) is 34.8 Å². The number of nitrogens with zero attached hydrogens (tertiary/aromatic N) is 1. The van der Waals surface area contributed by atoms with Crippen molar-refractivity contribution in [2.75, 3.05) is 5.73 Å². The Morgan fingerprint density at radius 2 is 2.05 bits per heavy atom. The summed E-state index contributed by atoms with van der Waals surface area (Å²) in [7, 11) is 0. The average molecular weight is 337 g/mol. The van der Waals surface area contributed by atoms with Crippen molar-refractivity contribution in [2.45, 2.75) is 6.92 Å². The van der Waals surface area contributed by atoms with Gasteiger partial charge in [0.05, 0.1) is 5.52 Å². The predicted molar refractivity (Wildman–Crippen MR) is 83.4 cm³/mol. The molecule has 0 radical (unpaired) electrons. The number of nitrogens with two attached hydrogens (primary N) is 1. The van der Waals surface area contributed by atoms with Gasteiger partial charge in [-0.1, -0.05) is 23.7 Å².